The Labute approximate surface area is 192 Å². The first-order valence-electron chi connectivity index (χ1n) is 10.5. The molecule has 0 aliphatic rings. The third-order valence-corrected chi connectivity index (χ3v) is 7.15. The number of nitrogens with one attached hydrogen (secondary N) is 2. The summed E-state index contributed by atoms with van der Waals surface area (Å²) < 4.78 is 26.7. The van der Waals surface area contributed by atoms with E-state index in [-0.39, 0.29) is 22.2 Å². The van der Waals surface area contributed by atoms with Gasteiger partial charge in [0.1, 0.15) is 6.33 Å². The van der Waals surface area contributed by atoms with Crippen LogP contribution in [-0.4, -0.2) is 40.7 Å². The predicted molar refractivity (Wildman–Crippen MR) is 128 cm³/mol. The van der Waals surface area contributed by atoms with Gasteiger partial charge in [0.05, 0.1) is 9.82 Å². The van der Waals surface area contributed by atoms with Crippen LogP contribution in [0.3, 0.4) is 0 Å². The standard InChI is InChI=1S/C22H26N6O4S/c1-4-16-7-9-17(10-8-16)25-21-20(28(29)30)22(24-15-23-21)26-18-11-13-19(14-12-18)33(31,32)27(5-2)6-3/h7-15H,4-6H2,1-3H3,(H2,23,24,25,26). The molecule has 0 amide bonds. The van der Waals surface area contributed by atoms with Crippen LogP contribution < -0.4 is 10.6 Å². The Bertz CT molecular complexity index is 1210. The first-order valence-corrected chi connectivity index (χ1v) is 12.0. The fourth-order valence-electron chi connectivity index (χ4n) is 3.25. The molecule has 0 fully saturated rings. The van der Waals surface area contributed by atoms with Crippen LogP contribution >= 0.6 is 0 Å². The molecule has 1 heterocycles. The number of rotatable bonds is 10. The third kappa shape index (κ3) is 5.44. The van der Waals surface area contributed by atoms with Gasteiger partial charge in [0.15, 0.2) is 0 Å². The van der Waals surface area contributed by atoms with E-state index >= 15 is 0 Å². The van der Waals surface area contributed by atoms with E-state index in [0.717, 1.165) is 12.0 Å². The molecule has 0 atom stereocenters. The molecule has 0 spiro atoms. The maximum absolute atomic E-state index is 12.7. The van der Waals surface area contributed by atoms with Crippen LogP contribution in [0.4, 0.5) is 28.7 Å². The number of sulfonamides is 1. The lowest BCUT2D eigenvalue weighted by Crippen LogP contribution is -2.30. The van der Waals surface area contributed by atoms with Crippen molar-refractivity contribution in [3.63, 3.8) is 0 Å². The largest absolute Gasteiger partial charge is 0.353 e. The molecule has 0 radical (unpaired) electrons. The van der Waals surface area contributed by atoms with Crippen LogP contribution in [0.15, 0.2) is 59.8 Å². The second kappa shape index (κ2) is 10.4. The van der Waals surface area contributed by atoms with Gasteiger partial charge in [-0.15, -0.1) is 0 Å². The van der Waals surface area contributed by atoms with Crippen molar-refractivity contribution in [2.75, 3.05) is 23.7 Å². The van der Waals surface area contributed by atoms with Crippen LogP contribution in [0.2, 0.25) is 0 Å². The Kier molecular flexibility index (Phi) is 7.56. The maximum Gasteiger partial charge on any atom is 0.353 e. The van der Waals surface area contributed by atoms with E-state index in [1.807, 2.05) is 31.2 Å². The number of aryl methyl sites for hydroxylation is 1. The molecule has 0 saturated heterocycles. The summed E-state index contributed by atoms with van der Waals surface area (Å²) in [7, 11) is -3.60. The normalized spacial score (nSPS) is 11.4. The average Bonchev–Trinajstić information content (AvgIpc) is 2.80. The first-order chi connectivity index (χ1) is 15.8. The molecule has 11 heteroatoms. The number of aromatic nitrogens is 2. The molecule has 3 rings (SSSR count). The van der Waals surface area contributed by atoms with Crippen molar-refractivity contribution < 1.29 is 13.3 Å². The van der Waals surface area contributed by atoms with E-state index in [9.17, 15) is 18.5 Å². The minimum atomic E-state index is -3.60. The molecule has 0 bridgehead atoms. The smallest absolute Gasteiger partial charge is 0.334 e. The van der Waals surface area contributed by atoms with E-state index in [4.69, 9.17) is 0 Å². The Morgan fingerprint density at radius 2 is 1.36 bits per heavy atom. The van der Waals surface area contributed by atoms with Gasteiger partial charge in [-0.05, 0) is 48.4 Å². The van der Waals surface area contributed by atoms with Gasteiger partial charge in [-0.25, -0.2) is 18.4 Å². The van der Waals surface area contributed by atoms with Crippen LogP contribution in [-0.2, 0) is 16.4 Å². The van der Waals surface area contributed by atoms with Gasteiger partial charge in [-0.3, -0.25) is 10.1 Å². The van der Waals surface area contributed by atoms with Crippen LogP contribution in [0.5, 0.6) is 0 Å². The van der Waals surface area contributed by atoms with Crippen LogP contribution in [0.25, 0.3) is 0 Å². The number of hydrogen-bond donors (Lipinski definition) is 2. The van der Waals surface area contributed by atoms with Gasteiger partial charge in [0.25, 0.3) is 0 Å². The zero-order valence-corrected chi connectivity index (χ0v) is 19.5. The molecule has 174 valence electrons. The summed E-state index contributed by atoms with van der Waals surface area (Å²) in [6, 6.07) is 13.5. The number of nitrogens with zero attached hydrogens (tertiary/aromatic N) is 4. The van der Waals surface area contributed by atoms with Gasteiger partial charge in [-0.2, -0.15) is 4.31 Å². The molecule has 0 aliphatic heterocycles. The zero-order valence-electron chi connectivity index (χ0n) is 18.6. The molecule has 0 unspecified atom stereocenters. The van der Waals surface area contributed by atoms with Gasteiger partial charge >= 0.3 is 5.69 Å². The van der Waals surface area contributed by atoms with E-state index < -0.39 is 14.9 Å². The predicted octanol–water partition coefficient (Wildman–Crippen LogP) is 4.46. The minimum Gasteiger partial charge on any atom is -0.334 e. The second-order valence-electron chi connectivity index (χ2n) is 7.09. The lowest BCUT2D eigenvalue weighted by molar-refractivity contribution is -0.383. The highest BCUT2D eigenvalue weighted by molar-refractivity contribution is 7.89. The van der Waals surface area contributed by atoms with Crippen molar-refractivity contribution in [2.24, 2.45) is 0 Å². The summed E-state index contributed by atoms with van der Waals surface area (Å²) in [4.78, 5) is 19.4. The summed E-state index contributed by atoms with van der Waals surface area (Å²) in [5.41, 5.74) is 1.93. The van der Waals surface area contributed by atoms with Gasteiger partial charge in [-0.1, -0.05) is 32.9 Å². The summed E-state index contributed by atoms with van der Waals surface area (Å²) in [5, 5.41) is 17.7. The zero-order chi connectivity index (χ0) is 24.0. The maximum atomic E-state index is 12.7. The highest BCUT2D eigenvalue weighted by Gasteiger charge is 2.24. The quantitative estimate of drug-likeness (QED) is 0.328. The van der Waals surface area contributed by atoms with Gasteiger partial charge < -0.3 is 10.6 Å². The molecular formula is C22H26N6O4S. The molecule has 33 heavy (non-hydrogen) atoms. The van der Waals surface area contributed by atoms with Crippen molar-refractivity contribution in [1.29, 1.82) is 0 Å². The van der Waals surface area contributed by atoms with Crippen molar-refractivity contribution in [3.8, 4) is 0 Å². The van der Waals surface area contributed by atoms with Crippen molar-refractivity contribution in [2.45, 2.75) is 32.1 Å². The van der Waals surface area contributed by atoms with Crippen molar-refractivity contribution >= 4 is 38.7 Å². The molecule has 0 aliphatic carbocycles. The van der Waals surface area contributed by atoms with Gasteiger partial charge in [0.2, 0.25) is 21.7 Å². The molecule has 2 N–H and O–H groups in total. The number of benzene rings is 2. The molecular weight excluding hydrogens is 444 g/mol. The highest BCUT2D eigenvalue weighted by atomic mass is 32.2. The van der Waals surface area contributed by atoms with E-state index in [1.54, 1.807) is 26.0 Å². The molecule has 1 aromatic heterocycles. The monoisotopic (exact) mass is 470 g/mol. The van der Waals surface area contributed by atoms with Gasteiger partial charge in [0, 0.05) is 24.5 Å². The summed E-state index contributed by atoms with van der Waals surface area (Å²) in [6.45, 7) is 6.32. The third-order valence-electron chi connectivity index (χ3n) is 5.09. The first kappa shape index (κ1) is 24.1. The fraction of sp³-hybridized carbons (Fsp3) is 0.273. The average molecular weight is 471 g/mol. The van der Waals surface area contributed by atoms with E-state index in [2.05, 4.69) is 20.6 Å². The number of hydrogen-bond acceptors (Lipinski definition) is 8. The molecule has 2 aromatic carbocycles. The van der Waals surface area contributed by atoms with Crippen molar-refractivity contribution in [3.05, 3.63) is 70.5 Å². The van der Waals surface area contributed by atoms with Crippen LogP contribution in [0, 0.1) is 10.1 Å². The fourth-order valence-corrected chi connectivity index (χ4v) is 4.71. The Balaban J connectivity index is 1.87. The molecule has 10 nitrogen and oxygen atoms in total. The van der Waals surface area contributed by atoms with E-state index in [0.29, 0.717) is 24.5 Å². The lowest BCUT2D eigenvalue weighted by Gasteiger charge is -2.18. The molecule has 0 saturated carbocycles. The summed E-state index contributed by atoms with van der Waals surface area (Å²) in [6.07, 6.45) is 2.11. The summed E-state index contributed by atoms with van der Waals surface area (Å²) in [5.74, 6) is 0.0320. The Morgan fingerprint density at radius 3 is 1.79 bits per heavy atom. The highest BCUT2D eigenvalue weighted by Crippen LogP contribution is 2.33. The Morgan fingerprint density at radius 1 is 0.879 bits per heavy atom. The minimum absolute atomic E-state index is 0.0120. The Hall–Kier alpha value is -3.57. The summed E-state index contributed by atoms with van der Waals surface area (Å²) >= 11 is 0. The lowest BCUT2D eigenvalue weighted by atomic mass is 10.1. The van der Waals surface area contributed by atoms with E-state index in [1.165, 1.54) is 22.8 Å². The molecule has 3 aromatic rings. The SMILES string of the molecule is CCc1ccc(Nc2ncnc(Nc3ccc(S(=O)(=O)N(CC)CC)cc3)c2[N+](=O)[O-])cc1. The number of anilines is 4. The topological polar surface area (TPSA) is 130 Å². The second-order valence-corrected chi connectivity index (χ2v) is 9.03. The van der Waals surface area contributed by atoms with Crippen LogP contribution in [0.1, 0.15) is 26.3 Å². The van der Waals surface area contributed by atoms with Crippen molar-refractivity contribution in [1.82, 2.24) is 14.3 Å². The number of nitro groups is 1.